The van der Waals surface area contributed by atoms with Crippen molar-refractivity contribution in [3.8, 4) is 22.5 Å². The lowest BCUT2D eigenvalue weighted by Gasteiger charge is -2.33. The SMILES string of the molecule is CS(=O)(=O)N1CCN(Cc2nc3c(-c4cnc(-c5ccccc5)nc4)cnn3c(N)c2Br)CC1. The second-order valence-corrected chi connectivity index (χ2v) is 10.9. The van der Waals surface area contributed by atoms with Crippen LogP contribution >= 0.6 is 15.9 Å². The van der Waals surface area contributed by atoms with Crippen LogP contribution in [-0.4, -0.2) is 74.6 Å². The summed E-state index contributed by atoms with van der Waals surface area (Å²) in [7, 11) is -3.18. The van der Waals surface area contributed by atoms with E-state index in [4.69, 9.17) is 10.7 Å². The first-order valence-corrected chi connectivity index (χ1v) is 13.3. The number of benzene rings is 1. The second-order valence-electron chi connectivity index (χ2n) is 8.15. The van der Waals surface area contributed by atoms with Gasteiger partial charge in [0.15, 0.2) is 11.5 Å². The Morgan fingerprint density at radius 2 is 1.68 bits per heavy atom. The molecule has 176 valence electrons. The molecule has 4 aromatic rings. The normalized spacial score (nSPS) is 15.7. The van der Waals surface area contributed by atoms with Crippen LogP contribution in [0.1, 0.15) is 5.69 Å². The highest BCUT2D eigenvalue weighted by molar-refractivity contribution is 9.10. The van der Waals surface area contributed by atoms with Crippen molar-refractivity contribution in [2.24, 2.45) is 0 Å². The Morgan fingerprint density at radius 3 is 2.32 bits per heavy atom. The van der Waals surface area contributed by atoms with Gasteiger partial charge in [-0.15, -0.1) is 0 Å². The number of rotatable bonds is 5. The van der Waals surface area contributed by atoms with Crippen LogP contribution < -0.4 is 5.73 Å². The van der Waals surface area contributed by atoms with Crippen LogP contribution in [0.2, 0.25) is 0 Å². The number of fused-ring (bicyclic) bond motifs is 1. The highest BCUT2D eigenvalue weighted by Gasteiger charge is 2.25. The molecule has 0 radical (unpaired) electrons. The molecular weight excluding hydrogens is 520 g/mol. The lowest BCUT2D eigenvalue weighted by molar-refractivity contribution is 0.180. The summed E-state index contributed by atoms with van der Waals surface area (Å²) in [6.07, 6.45) is 6.47. The summed E-state index contributed by atoms with van der Waals surface area (Å²) in [5, 5.41) is 4.42. The van der Waals surface area contributed by atoms with Gasteiger partial charge in [-0.1, -0.05) is 30.3 Å². The molecule has 34 heavy (non-hydrogen) atoms. The maximum absolute atomic E-state index is 11.8. The fourth-order valence-corrected chi connectivity index (χ4v) is 5.20. The van der Waals surface area contributed by atoms with Crippen LogP contribution in [0.5, 0.6) is 0 Å². The van der Waals surface area contributed by atoms with Crippen molar-refractivity contribution in [1.29, 1.82) is 0 Å². The second kappa shape index (κ2) is 9.02. The van der Waals surface area contributed by atoms with Gasteiger partial charge in [0, 0.05) is 61.8 Å². The molecule has 1 aromatic carbocycles. The molecule has 2 N–H and O–H groups in total. The third-order valence-corrected chi connectivity index (χ3v) is 8.03. The van der Waals surface area contributed by atoms with Gasteiger partial charge < -0.3 is 5.73 Å². The molecule has 1 fully saturated rings. The maximum atomic E-state index is 11.8. The molecule has 1 aliphatic heterocycles. The van der Waals surface area contributed by atoms with E-state index in [1.165, 1.54) is 10.6 Å². The molecule has 1 saturated heterocycles. The van der Waals surface area contributed by atoms with Gasteiger partial charge in [-0.05, 0) is 15.9 Å². The van der Waals surface area contributed by atoms with Crippen molar-refractivity contribution in [2.45, 2.75) is 6.54 Å². The summed E-state index contributed by atoms with van der Waals surface area (Å²) in [6.45, 7) is 2.68. The van der Waals surface area contributed by atoms with E-state index in [1.807, 2.05) is 30.3 Å². The number of nitrogens with zero attached hydrogens (tertiary/aromatic N) is 7. The summed E-state index contributed by atoms with van der Waals surface area (Å²) in [4.78, 5) is 16.1. The molecule has 10 nitrogen and oxygen atoms in total. The molecule has 0 spiro atoms. The number of piperazine rings is 1. The third kappa shape index (κ3) is 4.41. The Bertz CT molecular complexity index is 1430. The largest absolute Gasteiger partial charge is 0.383 e. The zero-order valence-electron chi connectivity index (χ0n) is 18.5. The van der Waals surface area contributed by atoms with E-state index in [2.05, 4.69) is 35.9 Å². The topological polar surface area (TPSA) is 123 Å². The van der Waals surface area contributed by atoms with Crippen LogP contribution in [0.15, 0.2) is 53.4 Å². The minimum atomic E-state index is -3.18. The average molecular weight is 543 g/mol. The highest BCUT2D eigenvalue weighted by Crippen LogP contribution is 2.30. The van der Waals surface area contributed by atoms with Gasteiger partial charge in [-0.2, -0.15) is 13.9 Å². The van der Waals surface area contributed by atoms with Crippen molar-refractivity contribution in [3.05, 3.63) is 59.1 Å². The minimum Gasteiger partial charge on any atom is -0.383 e. The monoisotopic (exact) mass is 542 g/mol. The lowest BCUT2D eigenvalue weighted by Crippen LogP contribution is -2.47. The van der Waals surface area contributed by atoms with E-state index in [1.54, 1.807) is 23.1 Å². The Labute approximate surface area is 205 Å². The van der Waals surface area contributed by atoms with Crippen molar-refractivity contribution >= 4 is 37.4 Å². The van der Waals surface area contributed by atoms with E-state index in [9.17, 15) is 8.42 Å². The molecule has 4 heterocycles. The van der Waals surface area contributed by atoms with E-state index < -0.39 is 10.0 Å². The quantitative estimate of drug-likeness (QED) is 0.407. The average Bonchev–Trinajstić information content (AvgIpc) is 3.27. The van der Waals surface area contributed by atoms with Crippen LogP contribution in [0.4, 0.5) is 5.82 Å². The molecule has 0 aliphatic carbocycles. The number of nitrogen functional groups attached to an aromatic ring is 1. The third-order valence-electron chi connectivity index (χ3n) is 5.86. The van der Waals surface area contributed by atoms with E-state index in [0.29, 0.717) is 54.5 Å². The summed E-state index contributed by atoms with van der Waals surface area (Å²) in [5.41, 5.74) is 10.3. The van der Waals surface area contributed by atoms with Gasteiger partial charge in [0.05, 0.1) is 22.6 Å². The van der Waals surface area contributed by atoms with Crippen LogP contribution in [0, 0.1) is 0 Å². The summed E-state index contributed by atoms with van der Waals surface area (Å²) >= 11 is 3.57. The number of hydrogen-bond acceptors (Lipinski definition) is 8. The molecular formula is C22H23BrN8O2S. The van der Waals surface area contributed by atoms with Crippen LogP contribution in [0.3, 0.4) is 0 Å². The number of anilines is 1. The highest BCUT2D eigenvalue weighted by atomic mass is 79.9. The summed E-state index contributed by atoms with van der Waals surface area (Å²) in [6, 6.07) is 9.78. The van der Waals surface area contributed by atoms with E-state index in [-0.39, 0.29) is 0 Å². The fourth-order valence-electron chi connectivity index (χ4n) is 3.99. The lowest BCUT2D eigenvalue weighted by atomic mass is 10.1. The number of sulfonamides is 1. The van der Waals surface area contributed by atoms with Crippen LogP contribution in [0.25, 0.3) is 28.2 Å². The van der Waals surface area contributed by atoms with Gasteiger partial charge in [0.25, 0.3) is 0 Å². The first kappa shape index (κ1) is 22.8. The number of halogens is 1. The van der Waals surface area contributed by atoms with Gasteiger partial charge in [0.2, 0.25) is 10.0 Å². The first-order valence-electron chi connectivity index (χ1n) is 10.7. The van der Waals surface area contributed by atoms with Crippen molar-refractivity contribution in [2.75, 3.05) is 38.2 Å². The number of aromatic nitrogens is 5. The zero-order valence-corrected chi connectivity index (χ0v) is 20.9. The minimum absolute atomic E-state index is 0.447. The smallest absolute Gasteiger partial charge is 0.211 e. The molecule has 3 aromatic heterocycles. The van der Waals surface area contributed by atoms with Crippen molar-refractivity contribution in [3.63, 3.8) is 0 Å². The fraction of sp³-hybridized carbons (Fsp3) is 0.273. The molecule has 5 rings (SSSR count). The first-order chi connectivity index (χ1) is 16.3. The molecule has 0 bridgehead atoms. The van der Waals surface area contributed by atoms with E-state index in [0.717, 1.165) is 22.4 Å². The van der Waals surface area contributed by atoms with Gasteiger partial charge in [0.1, 0.15) is 5.82 Å². The van der Waals surface area contributed by atoms with Crippen molar-refractivity contribution < 1.29 is 8.42 Å². The Balaban J connectivity index is 1.43. The Morgan fingerprint density at radius 1 is 1.00 bits per heavy atom. The van der Waals surface area contributed by atoms with Gasteiger partial charge >= 0.3 is 0 Å². The Kier molecular flexibility index (Phi) is 6.06. The molecule has 0 saturated carbocycles. The van der Waals surface area contributed by atoms with Crippen molar-refractivity contribution in [1.82, 2.24) is 33.8 Å². The predicted octanol–water partition coefficient (Wildman–Crippen LogP) is 2.28. The molecule has 12 heteroatoms. The standard InChI is InChI=1S/C22H23BrN8O2S/c1-34(32,33)30-9-7-29(8-10-30)14-18-19(23)20(24)31-22(28-18)17(13-27-31)16-11-25-21(26-12-16)15-5-3-2-4-6-15/h2-6,11-13H,7-10,14,24H2,1H3. The van der Waals surface area contributed by atoms with Crippen LogP contribution in [-0.2, 0) is 16.6 Å². The zero-order chi connectivity index (χ0) is 23.9. The Hall–Kier alpha value is -2.93. The molecule has 0 amide bonds. The molecule has 1 aliphatic rings. The van der Waals surface area contributed by atoms with Gasteiger partial charge in [-0.25, -0.2) is 23.4 Å². The maximum Gasteiger partial charge on any atom is 0.211 e. The van der Waals surface area contributed by atoms with E-state index >= 15 is 0 Å². The van der Waals surface area contributed by atoms with Gasteiger partial charge in [-0.3, -0.25) is 4.90 Å². The predicted molar refractivity (Wildman–Crippen MR) is 133 cm³/mol. The molecule has 0 atom stereocenters. The summed E-state index contributed by atoms with van der Waals surface area (Å²) < 4.78 is 27.4. The summed E-state index contributed by atoms with van der Waals surface area (Å²) in [5.74, 6) is 1.09. The molecule has 0 unspecified atom stereocenters. The number of hydrogen-bond donors (Lipinski definition) is 1. The number of nitrogens with two attached hydrogens (primary N) is 1.